The summed E-state index contributed by atoms with van der Waals surface area (Å²) in [6.45, 7) is 7.38. The number of halogens is 1. The Morgan fingerprint density at radius 1 is 1.19 bits per heavy atom. The van der Waals surface area contributed by atoms with Crippen LogP contribution < -0.4 is 10.6 Å². The third kappa shape index (κ3) is 8.26. The summed E-state index contributed by atoms with van der Waals surface area (Å²) in [6, 6.07) is 10.6. The number of guanidine groups is 1. The molecule has 1 atom stereocenters. The molecule has 1 aromatic rings. The van der Waals surface area contributed by atoms with Crippen LogP contribution in [0.3, 0.4) is 0 Å². The van der Waals surface area contributed by atoms with E-state index in [2.05, 4.69) is 59.8 Å². The summed E-state index contributed by atoms with van der Waals surface area (Å²) in [6.07, 6.45) is 1.09. The zero-order chi connectivity index (χ0) is 14.6. The lowest BCUT2D eigenvalue weighted by Crippen LogP contribution is -2.39. The third-order valence-electron chi connectivity index (χ3n) is 3.18. The predicted octanol–water partition coefficient (Wildman–Crippen LogP) is 3.00. The van der Waals surface area contributed by atoms with Crippen molar-refractivity contribution in [3.05, 3.63) is 35.9 Å². The van der Waals surface area contributed by atoms with E-state index in [1.54, 1.807) is 7.11 Å². The van der Waals surface area contributed by atoms with E-state index in [4.69, 9.17) is 4.74 Å². The van der Waals surface area contributed by atoms with Crippen molar-refractivity contribution in [1.82, 2.24) is 10.6 Å². The smallest absolute Gasteiger partial charge is 0.191 e. The van der Waals surface area contributed by atoms with Crippen LogP contribution in [0.1, 0.15) is 31.7 Å². The molecule has 0 saturated heterocycles. The fourth-order valence-electron chi connectivity index (χ4n) is 2.01. The molecule has 120 valence electrons. The Balaban J connectivity index is 0.00000400. The lowest BCUT2D eigenvalue weighted by Gasteiger charge is -2.15. The first kappa shape index (κ1) is 20.2. The molecule has 0 radical (unpaired) electrons. The van der Waals surface area contributed by atoms with E-state index < -0.39 is 0 Å². The number of benzene rings is 1. The first-order valence-electron chi connectivity index (χ1n) is 7.37. The van der Waals surface area contributed by atoms with Gasteiger partial charge in [-0.1, -0.05) is 37.3 Å². The van der Waals surface area contributed by atoms with E-state index in [9.17, 15) is 0 Å². The minimum atomic E-state index is 0. The second-order valence-electron chi connectivity index (χ2n) is 4.66. The number of rotatable bonds is 8. The standard InChI is InChI=1S/C16H27N3O.HI/c1-4-14(15-9-7-6-8-10-15)13-19-16(17-5-2)18-11-12-20-3;/h6-10,14H,4-5,11-13H2,1-3H3,(H2,17,18,19);1H. The second-order valence-corrected chi connectivity index (χ2v) is 4.66. The maximum atomic E-state index is 5.04. The Kier molecular flexibility index (Phi) is 12.4. The number of ether oxygens (including phenoxy) is 1. The summed E-state index contributed by atoms with van der Waals surface area (Å²) in [5, 5.41) is 6.52. The Hall–Kier alpha value is -0.820. The van der Waals surface area contributed by atoms with Crippen LogP contribution in [0.4, 0.5) is 0 Å². The van der Waals surface area contributed by atoms with E-state index >= 15 is 0 Å². The van der Waals surface area contributed by atoms with Gasteiger partial charge in [0.25, 0.3) is 0 Å². The zero-order valence-electron chi connectivity index (χ0n) is 13.3. The van der Waals surface area contributed by atoms with Crippen LogP contribution in [-0.4, -0.2) is 39.3 Å². The minimum absolute atomic E-state index is 0. The number of aliphatic imine (C=N–C) groups is 1. The van der Waals surface area contributed by atoms with Gasteiger partial charge in [0.15, 0.2) is 5.96 Å². The Labute approximate surface area is 145 Å². The van der Waals surface area contributed by atoms with E-state index in [0.29, 0.717) is 12.5 Å². The number of methoxy groups -OCH3 is 1. The minimum Gasteiger partial charge on any atom is -0.383 e. The van der Waals surface area contributed by atoms with Crippen molar-refractivity contribution in [2.45, 2.75) is 26.2 Å². The van der Waals surface area contributed by atoms with Gasteiger partial charge < -0.3 is 15.4 Å². The highest BCUT2D eigenvalue weighted by atomic mass is 127. The summed E-state index contributed by atoms with van der Waals surface area (Å²) in [5.41, 5.74) is 1.35. The monoisotopic (exact) mass is 405 g/mol. The molecule has 5 heteroatoms. The molecule has 2 N–H and O–H groups in total. The van der Waals surface area contributed by atoms with Crippen LogP contribution in [0.2, 0.25) is 0 Å². The zero-order valence-corrected chi connectivity index (χ0v) is 15.6. The maximum absolute atomic E-state index is 5.04. The lowest BCUT2D eigenvalue weighted by molar-refractivity contribution is 0.203. The van der Waals surface area contributed by atoms with E-state index in [0.717, 1.165) is 32.0 Å². The fourth-order valence-corrected chi connectivity index (χ4v) is 2.01. The second kappa shape index (κ2) is 12.9. The molecule has 0 aromatic heterocycles. The molecular formula is C16H28IN3O. The molecular weight excluding hydrogens is 377 g/mol. The van der Waals surface area contributed by atoms with Crippen molar-refractivity contribution >= 4 is 29.9 Å². The van der Waals surface area contributed by atoms with Gasteiger partial charge in [-0.3, -0.25) is 4.99 Å². The molecule has 21 heavy (non-hydrogen) atoms. The van der Waals surface area contributed by atoms with E-state index in [1.807, 2.05) is 0 Å². The van der Waals surface area contributed by atoms with Crippen molar-refractivity contribution in [3.8, 4) is 0 Å². The van der Waals surface area contributed by atoms with Crippen molar-refractivity contribution in [2.75, 3.05) is 33.4 Å². The molecule has 1 unspecified atom stereocenters. The van der Waals surface area contributed by atoms with E-state index in [-0.39, 0.29) is 24.0 Å². The summed E-state index contributed by atoms with van der Waals surface area (Å²) < 4.78 is 5.04. The number of nitrogens with one attached hydrogen (secondary N) is 2. The number of nitrogens with zero attached hydrogens (tertiary/aromatic N) is 1. The van der Waals surface area contributed by atoms with Gasteiger partial charge in [0.05, 0.1) is 6.61 Å². The topological polar surface area (TPSA) is 45.7 Å². The van der Waals surface area contributed by atoms with Gasteiger partial charge in [-0.15, -0.1) is 24.0 Å². The van der Waals surface area contributed by atoms with Gasteiger partial charge in [0, 0.05) is 32.7 Å². The predicted molar refractivity (Wildman–Crippen MR) is 101 cm³/mol. The largest absolute Gasteiger partial charge is 0.383 e. The summed E-state index contributed by atoms with van der Waals surface area (Å²) in [4.78, 5) is 4.67. The highest BCUT2D eigenvalue weighted by molar-refractivity contribution is 14.0. The van der Waals surface area contributed by atoms with Gasteiger partial charge in [-0.05, 0) is 18.9 Å². The molecule has 0 aliphatic carbocycles. The Morgan fingerprint density at radius 2 is 1.90 bits per heavy atom. The first-order chi connectivity index (χ1) is 9.81. The summed E-state index contributed by atoms with van der Waals surface area (Å²) in [5.74, 6) is 1.33. The Morgan fingerprint density at radius 3 is 2.48 bits per heavy atom. The van der Waals surface area contributed by atoms with Crippen LogP contribution >= 0.6 is 24.0 Å². The van der Waals surface area contributed by atoms with E-state index in [1.165, 1.54) is 5.56 Å². The van der Waals surface area contributed by atoms with Crippen LogP contribution in [0.25, 0.3) is 0 Å². The van der Waals surface area contributed by atoms with Gasteiger partial charge >= 0.3 is 0 Å². The average Bonchev–Trinajstić information content (AvgIpc) is 2.49. The third-order valence-corrected chi connectivity index (χ3v) is 3.18. The van der Waals surface area contributed by atoms with Crippen LogP contribution in [0, 0.1) is 0 Å². The van der Waals surface area contributed by atoms with Crippen molar-refractivity contribution in [1.29, 1.82) is 0 Å². The van der Waals surface area contributed by atoms with Gasteiger partial charge in [0.2, 0.25) is 0 Å². The maximum Gasteiger partial charge on any atom is 0.191 e. The van der Waals surface area contributed by atoms with Crippen LogP contribution in [0.15, 0.2) is 35.3 Å². The van der Waals surface area contributed by atoms with Crippen molar-refractivity contribution < 1.29 is 4.74 Å². The molecule has 0 aliphatic heterocycles. The normalized spacial score (nSPS) is 12.4. The summed E-state index contributed by atoms with van der Waals surface area (Å²) in [7, 11) is 1.70. The van der Waals surface area contributed by atoms with Crippen LogP contribution in [-0.2, 0) is 4.74 Å². The summed E-state index contributed by atoms with van der Waals surface area (Å²) >= 11 is 0. The molecule has 0 fully saturated rings. The molecule has 0 bridgehead atoms. The molecule has 0 amide bonds. The molecule has 0 saturated carbocycles. The van der Waals surface area contributed by atoms with Gasteiger partial charge in [0.1, 0.15) is 0 Å². The SMILES string of the molecule is CCNC(=NCC(CC)c1ccccc1)NCCOC.I. The molecule has 4 nitrogen and oxygen atoms in total. The van der Waals surface area contributed by atoms with Crippen molar-refractivity contribution in [2.24, 2.45) is 4.99 Å². The first-order valence-corrected chi connectivity index (χ1v) is 7.37. The highest BCUT2D eigenvalue weighted by Gasteiger charge is 2.08. The molecule has 0 spiro atoms. The molecule has 1 aromatic carbocycles. The van der Waals surface area contributed by atoms with Crippen molar-refractivity contribution in [3.63, 3.8) is 0 Å². The fraction of sp³-hybridized carbons (Fsp3) is 0.562. The molecule has 0 aliphatic rings. The number of hydrogen-bond donors (Lipinski definition) is 2. The quantitative estimate of drug-likeness (QED) is 0.303. The highest BCUT2D eigenvalue weighted by Crippen LogP contribution is 2.19. The van der Waals surface area contributed by atoms with Gasteiger partial charge in [-0.25, -0.2) is 0 Å². The van der Waals surface area contributed by atoms with Crippen LogP contribution in [0.5, 0.6) is 0 Å². The van der Waals surface area contributed by atoms with Gasteiger partial charge in [-0.2, -0.15) is 0 Å². The molecule has 0 heterocycles. The lowest BCUT2D eigenvalue weighted by atomic mass is 9.97. The Bertz CT molecular complexity index is 384. The molecule has 1 rings (SSSR count). The number of hydrogen-bond acceptors (Lipinski definition) is 2. The average molecular weight is 405 g/mol.